The molecule has 1 aromatic rings. The summed E-state index contributed by atoms with van der Waals surface area (Å²) in [6.45, 7) is 5.43. The van der Waals surface area contributed by atoms with Crippen LogP contribution in [0.4, 0.5) is 5.69 Å². The zero-order valence-corrected chi connectivity index (χ0v) is 12.6. The van der Waals surface area contributed by atoms with E-state index in [0.29, 0.717) is 23.3 Å². The number of carbonyl (C=O) groups is 1. The van der Waals surface area contributed by atoms with Crippen molar-refractivity contribution >= 4 is 23.2 Å². The third-order valence-electron chi connectivity index (χ3n) is 3.69. The van der Waals surface area contributed by atoms with Crippen LogP contribution in [0, 0.1) is 0 Å². The molecule has 1 heterocycles. The van der Waals surface area contributed by atoms with Crippen molar-refractivity contribution in [3.63, 3.8) is 0 Å². The van der Waals surface area contributed by atoms with Crippen LogP contribution in [0.3, 0.4) is 0 Å². The molecular formula is C15H22ClN3O. The number of piperidine rings is 1. The normalized spacial score (nSPS) is 19.1. The van der Waals surface area contributed by atoms with Gasteiger partial charge in [-0.3, -0.25) is 9.69 Å². The number of carbonyl (C=O) groups excluding carboxylic acids is 1. The molecule has 1 aromatic carbocycles. The molecule has 4 nitrogen and oxygen atoms in total. The summed E-state index contributed by atoms with van der Waals surface area (Å²) in [5.41, 5.74) is 0.678. The molecule has 5 heteroatoms. The van der Waals surface area contributed by atoms with Gasteiger partial charge in [-0.15, -0.1) is 0 Å². The average molecular weight is 296 g/mol. The van der Waals surface area contributed by atoms with Crippen LogP contribution in [0.2, 0.25) is 5.02 Å². The summed E-state index contributed by atoms with van der Waals surface area (Å²) in [5, 5.41) is 6.84. The van der Waals surface area contributed by atoms with Crippen LogP contribution in [0.15, 0.2) is 24.3 Å². The molecule has 0 radical (unpaired) electrons. The van der Waals surface area contributed by atoms with E-state index in [4.69, 9.17) is 11.6 Å². The maximum Gasteiger partial charge on any atom is 0.238 e. The number of nitrogens with zero attached hydrogens (tertiary/aromatic N) is 1. The molecule has 0 spiro atoms. The number of para-hydroxylation sites is 1. The molecule has 1 unspecified atom stereocenters. The number of amides is 1. The van der Waals surface area contributed by atoms with E-state index < -0.39 is 0 Å². The summed E-state index contributed by atoms with van der Waals surface area (Å²) in [6.07, 6.45) is 2.33. The van der Waals surface area contributed by atoms with Crippen LogP contribution in [-0.4, -0.2) is 43.0 Å². The molecule has 1 aliphatic heterocycles. The molecule has 1 fully saturated rings. The molecular weight excluding hydrogens is 274 g/mol. The largest absolute Gasteiger partial charge is 0.324 e. The maximum atomic E-state index is 12.1. The van der Waals surface area contributed by atoms with Gasteiger partial charge in [0.15, 0.2) is 0 Å². The van der Waals surface area contributed by atoms with Crippen molar-refractivity contribution < 1.29 is 4.79 Å². The Bertz CT molecular complexity index is 446. The van der Waals surface area contributed by atoms with Gasteiger partial charge in [0, 0.05) is 12.6 Å². The molecule has 0 aromatic heterocycles. The summed E-state index contributed by atoms with van der Waals surface area (Å²) >= 11 is 6.05. The van der Waals surface area contributed by atoms with E-state index >= 15 is 0 Å². The Morgan fingerprint density at radius 1 is 1.50 bits per heavy atom. The fraction of sp³-hybridized carbons (Fsp3) is 0.533. The lowest BCUT2D eigenvalue weighted by Crippen LogP contribution is -2.48. The molecule has 1 saturated heterocycles. The Labute approximate surface area is 125 Å². The second-order valence-electron chi connectivity index (χ2n) is 5.09. The first-order chi connectivity index (χ1) is 9.70. The summed E-state index contributed by atoms with van der Waals surface area (Å²) in [6, 6.07) is 7.76. The first-order valence-electron chi connectivity index (χ1n) is 7.20. The second-order valence-corrected chi connectivity index (χ2v) is 5.50. The summed E-state index contributed by atoms with van der Waals surface area (Å²) in [7, 11) is 0. The number of hydrogen-bond donors (Lipinski definition) is 2. The van der Waals surface area contributed by atoms with E-state index in [2.05, 4.69) is 22.5 Å². The molecule has 20 heavy (non-hydrogen) atoms. The highest BCUT2D eigenvalue weighted by molar-refractivity contribution is 6.33. The van der Waals surface area contributed by atoms with Gasteiger partial charge in [-0.2, -0.15) is 0 Å². The Kier molecular flexibility index (Phi) is 5.83. The lowest BCUT2D eigenvalue weighted by Gasteiger charge is -2.33. The van der Waals surface area contributed by atoms with Crippen LogP contribution < -0.4 is 10.6 Å². The topological polar surface area (TPSA) is 44.4 Å². The van der Waals surface area contributed by atoms with Crippen molar-refractivity contribution in [3.05, 3.63) is 29.3 Å². The highest BCUT2D eigenvalue weighted by Gasteiger charge is 2.21. The van der Waals surface area contributed by atoms with Crippen molar-refractivity contribution in [1.82, 2.24) is 10.2 Å². The fourth-order valence-electron chi connectivity index (χ4n) is 2.58. The fourth-order valence-corrected chi connectivity index (χ4v) is 2.76. The van der Waals surface area contributed by atoms with Crippen molar-refractivity contribution in [1.29, 1.82) is 0 Å². The first kappa shape index (κ1) is 15.3. The van der Waals surface area contributed by atoms with Gasteiger partial charge in [0.25, 0.3) is 0 Å². The molecule has 0 aliphatic carbocycles. The van der Waals surface area contributed by atoms with Gasteiger partial charge >= 0.3 is 0 Å². The van der Waals surface area contributed by atoms with Gasteiger partial charge in [-0.05, 0) is 38.1 Å². The van der Waals surface area contributed by atoms with Crippen molar-refractivity contribution in [2.24, 2.45) is 0 Å². The first-order valence-corrected chi connectivity index (χ1v) is 7.57. The third-order valence-corrected chi connectivity index (χ3v) is 4.02. The molecule has 2 N–H and O–H groups in total. The van der Waals surface area contributed by atoms with Gasteiger partial charge in [0.1, 0.15) is 0 Å². The third kappa shape index (κ3) is 4.20. The van der Waals surface area contributed by atoms with Gasteiger partial charge in [-0.1, -0.05) is 30.7 Å². The number of nitrogens with one attached hydrogen (secondary N) is 2. The standard InChI is InChI=1S/C15H22ClN3O/c1-2-19(12-6-5-9-17-10-12)11-15(20)18-14-8-4-3-7-13(14)16/h3-4,7-8,12,17H,2,5-6,9-11H2,1H3,(H,18,20). The molecule has 110 valence electrons. The molecule has 1 amide bonds. The van der Waals surface area contributed by atoms with Crippen molar-refractivity contribution in [3.8, 4) is 0 Å². The number of halogens is 1. The SMILES string of the molecule is CCN(CC(=O)Nc1ccccc1Cl)C1CCCNC1. The monoisotopic (exact) mass is 295 g/mol. The minimum absolute atomic E-state index is 0.00877. The molecule has 0 saturated carbocycles. The maximum absolute atomic E-state index is 12.1. The van der Waals surface area contributed by atoms with Crippen LogP contribution in [-0.2, 0) is 4.79 Å². The van der Waals surface area contributed by atoms with Gasteiger partial charge in [0.05, 0.1) is 17.3 Å². The lowest BCUT2D eigenvalue weighted by molar-refractivity contribution is -0.117. The number of likely N-dealkylation sites (N-methyl/N-ethyl adjacent to an activating group) is 1. The Morgan fingerprint density at radius 2 is 2.30 bits per heavy atom. The van der Waals surface area contributed by atoms with Crippen LogP contribution in [0.5, 0.6) is 0 Å². The Balaban J connectivity index is 1.90. The van der Waals surface area contributed by atoms with E-state index in [1.54, 1.807) is 6.07 Å². The van der Waals surface area contributed by atoms with Crippen LogP contribution >= 0.6 is 11.6 Å². The predicted molar refractivity (Wildman–Crippen MR) is 83.2 cm³/mol. The van der Waals surface area contributed by atoms with E-state index in [0.717, 1.165) is 26.1 Å². The Hall–Kier alpha value is -1.10. The van der Waals surface area contributed by atoms with E-state index in [9.17, 15) is 4.79 Å². The van der Waals surface area contributed by atoms with Gasteiger partial charge in [0.2, 0.25) is 5.91 Å². The number of anilines is 1. The van der Waals surface area contributed by atoms with Crippen molar-refractivity contribution in [2.75, 3.05) is 31.5 Å². The van der Waals surface area contributed by atoms with Crippen LogP contribution in [0.1, 0.15) is 19.8 Å². The van der Waals surface area contributed by atoms with Gasteiger partial charge in [-0.25, -0.2) is 0 Å². The Morgan fingerprint density at radius 3 is 2.95 bits per heavy atom. The molecule has 1 atom stereocenters. The van der Waals surface area contributed by atoms with Gasteiger partial charge < -0.3 is 10.6 Å². The summed E-state index contributed by atoms with van der Waals surface area (Å²) in [4.78, 5) is 14.4. The summed E-state index contributed by atoms with van der Waals surface area (Å²) < 4.78 is 0. The predicted octanol–water partition coefficient (Wildman–Crippen LogP) is 2.35. The zero-order valence-electron chi connectivity index (χ0n) is 11.9. The number of hydrogen-bond acceptors (Lipinski definition) is 3. The minimum Gasteiger partial charge on any atom is -0.324 e. The van der Waals surface area contributed by atoms with Crippen LogP contribution in [0.25, 0.3) is 0 Å². The zero-order chi connectivity index (χ0) is 14.4. The lowest BCUT2D eigenvalue weighted by atomic mass is 10.1. The highest BCUT2D eigenvalue weighted by Crippen LogP contribution is 2.20. The summed E-state index contributed by atoms with van der Waals surface area (Å²) in [5.74, 6) is -0.00877. The second kappa shape index (κ2) is 7.62. The molecule has 2 rings (SSSR count). The van der Waals surface area contributed by atoms with E-state index in [1.807, 2.05) is 18.2 Å². The van der Waals surface area contributed by atoms with E-state index in [-0.39, 0.29) is 5.91 Å². The average Bonchev–Trinajstić information content (AvgIpc) is 2.48. The minimum atomic E-state index is -0.00877. The quantitative estimate of drug-likeness (QED) is 0.876. The smallest absolute Gasteiger partial charge is 0.238 e. The molecule has 1 aliphatic rings. The van der Waals surface area contributed by atoms with E-state index in [1.165, 1.54) is 6.42 Å². The van der Waals surface area contributed by atoms with Crippen molar-refractivity contribution in [2.45, 2.75) is 25.8 Å². The number of benzene rings is 1. The highest BCUT2D eigenvalue weighted by atomic mass is 35.5. The molecule has 0 bridgehead atoms. The number of rotatable bonds is 5.